The molecule has 3 aromatic rings. The molecule has 0 aliphatic carbocycles. The Labute approximate surface area is 189 Å². The van der Waals surface area contributed by atoms with Crippen LogP contribution in [-0.4, -0.2) is 42.0 Å². The molecule has 1 fully saturated rings. The average molecular weight is 460 g/mol. The summed E-state index contributed by atoms with van der Waals surface area (Å²) in [4.78, 5) is 20.7. The first kappa shape index (κ1) is 22.1. The van der Waals surface area contributed by atoms with Crippen molar-refractivity contribution in [3.05, 3.63) is 94.1 Å². The van der Waals surface area contributed by atoms with Crippen LogP contribution in [0.15, 0.2) is 66.9 Å². The van der Waals surface area contributed by atoms with E-state index in [4.69, 9.17) is 11.6 Å². The quantitative estimate of drug-likeness (QED) is 0.530. The molecule has 8 heteroatoms. The number of halogens is 4. The first-order chi connectivity index (χ1) is 15.3. The Hall–Kier alpha value is -3.06. The standard InChI is InChI=1S/C24H21ClF3N3O/c25-21-15-19(24(26,27)28)16-29-22(21)30-10-12-31(13-11-30)23(32)20-9-5-4-8-18(20)14-17-6-2-1-3-7-17/h1-9,15-16H,10-14H2. The molecule has 1 aromatic heterocycles. The van der Waals surface area contributed by atoms with Gasteiger partial charge in [0, 0.05) is 37.9 Å². The highest BCUT2D eigenvalue weighted by atomic mass is 35.5. The van der Waals surface area contributed by atoms with Crippen molar-refractivity contribution in [2.75, 3.05) is 31.1 Å². The van der Waals surface area contributed by atoms with E-state index in [1.807, 2.05) is 59.5 Å². The normalized spacial score (nSPS) is 14.5. The molecular formula is C24H21ClF3N3O. The number of carbonyl (C=O) groups is 1. The van der Waals surface area contributed by atoms with Gasteiger partial charge in [-0.1, -0.05) is 60.1 Å². The number of pyridine rings is 1. The predicted molar refractivity (Wildman–Crippen MR) is 118 cm³/mol. The Morgan fingerprint density at radius 3 is 2.28 bits per heavy atom. The van der Waals surface area contributed by atoms with Gasteiger partial charge in [0.1, 0.15) is 5.82 Å². The molecule has 0 bridgehead atoms. The van der Waals surface area contributed by atoms with E-state index in [1.165, 1.54) is 0 Å². The van der Waals surface area contributed by atoms with Crippen LogP contribution < -0.4 is 4.90 Å². The zero-order chi connectivity index (χ0) is 22.7. The SMILES string of the molecule is O=C(c1ccccc1Cc1ccccc1)N1CCN(c2ncc(C(F)(F)F)cc2Cl)CC1. The van der Waals surface area contributed by atoms with Crippen molar-refractivity contribution in [2.45, 2.75) is 12.6 Å². The third-order valence-corrected chi connectivity index (χ3v) is 5.78. The second-order valence-electron chi connectivity index (χ2n) is 7.63. The molecule has 4 rings (SSSR count). The Balaban J connectivity index is 1.45. The highest BCUT2D eigenvalue weighted by Crippen LogP contribution is 2.33. The first-order valence-electron chi connectivity index (χ1n) is 10.2. The number of hydrogen-bond donors (Lipinski definition) is 0. The minimum absolute atomic E-state index is 0.0483. The molecule has 0 atom stereocenters. The van der Waals surface area contributed by atoms with E-state index in [0.717, 1.165) is 23.4 Å². The van der Waals surface area contributed by atoms with E-state index in [9.17, 15) is 18.0 Å². The number of alkyl halides is 3. The van der Waals surface area contributed by atoms with Gasteiger partial charge >= 0.3 is 6.18 Å². The maximum Gasteiger partial charge on any atom is 0.417 e. The largest absolute Gasteiger partial charge is 0.417 e. The number of benzene rings is 2. The number of amides is 1. The van der Waals surface area contributed by atoms with Crippen LogP contribution in [0.2, 0.25) is 5.02 Å². The molecular weight excluding hydrogens is 439 g/mol. The fraction of sp³-hybridized carbons (Fsp3) is 0.250. The molecule has 1 aliphatic heterocycles. The fourth-order valence-electron chi connectivity index (χ4n) is 3.81. The fourth-order valence-corrected chi connectivity index (χ4v) is 4.09. The van der Waals surface area contributed by atoms with Crippen LogP contribution in [0.3, 0.4) is 0 Å². The van der Waals surface area contributed by atoms with Crippen LogP contribution in [0.5, 0.6) is 0 Å². The van der Waals surface area contributed by atoms with Crippen LogP contribution in [0, 0.1) is 0 Å². The second kappa shape index (κ2) is 9.20. The molecule has 1 amide bonds. The second-order valence-corrected chi connectivity index (χ2v) is 8.03. The van der Waals surface area contributed by atoms with E-state index in [0.29, 0.717) is 44.0 Å². The number of carbonyl (C=O) groups excluding carboxylic acids is 1. The molecule has 4 nitrogen and oxygen atoms in total. The maximum atomic E-state index is 13.2. The van der Waals surface area contributed by atoms with Crippen LogP contribution >= 0.6 is 11.6 Å². The van der Waals surface area contributed by atoms with Gasteiger partial charge in [0.2, 0.25) is 0 Å². The number of piperazine rings is 1. The van der Waals surface area contributed by atoms with Gasteiger partial charge in [-0.05, 0) is 29.7 Å². The van der Waals surface area contributed by atoms with E-state index >= 15 is 0 Å². The van der Waals surface area contributed by atoms with Crippen molar-refractivity contribution in [2.24, 2.45) is 0 Å². The third kappa shape index (κ3) is 4.88. The van der Waals surface area contributed by atoms with Crippen LogP contribution in [0.1, 0.15) is 27.0 Å². The van der Waals surface area contributed by atoms with Gasteiger partial charge in [-0.15, -0.1) is 0 Å². The smallest absolute Gasteiger partial charge is 0.352 e. The number of nitrogens with zero attached hydrogens (tertiary/aromatic N) is 3. The summed E-state index contributed by atoms with van der Waals surface area (Å²) in [5, 5.41) is -0.0483. The molecule has 32 heavy (non-hydrogen) atoms. The summed E-state index contributed by atoms with van der Waals surface area (Å²) < 4.78 is 38.6. The average Bonchev–Trinajstić information content (AvgIpc) is 2.79. The highest BCUT2D eigenvalue weighted by molar-refractivity contribution is 6.33. The minimum atomic E-state index is -4.49. The van der Waals surface area contributed by atoms with Crippen molar-refractivity contribution in [1.29, 1.82) is 0 Å². The van der Waals surface area contributed by atoms with Gasteiger partial charge in [0.15, 0.2) is 0 Å². The maximum absolute atomic E-state index is 13.2. The molecule has 0 unspecified atom stereocenters. The lowest BCUT2D eigenvalue weighted by molar-refractivity contribution is -0.137. The molecule has 0 saturated carbocycles. The number of anilines is 1. The lowest BCUT2D eigenvalue weighted by Gasteiger charge is -2.36. The monoisotopic (exact) mass is 459 g/mol. The van der Waals surface area contributed by atoms with Crippen molar-refractivity contribution < 1.29 is 18.0 Å². The Morgan fingerprint density at radius 1 is 0.969 bits per heavy atom. The summed E-state index contributed by atoms with van der Waals surface area (Å²) in [6, 6.07) is 18.4. The Bertz CT molecular complexity index is 1100. The third-order valence-electron chi connectivity index (χ3n) is 5.50. The van der Waals surface area contributed by atoms with E-state index < -0.39 is 11.7 Å². The summed E-state index contributed by atoms with van der Waals surface area (Å²) in [6.45, 7) is 1.73. The van der Waals surface area contributed by atoms with Crippen LogP contribution in [-0.2, 0) is 12.6 Å². The first-order valence-corrected chi connectivity index (χ1v) is 10.6. The van der Waals surface area contributed by atoms with Crippen molar-refractivity contribution in [1.82, 2.24) is 9.88 Å². The molecule has 166 valence electrons. The van der Waals surface area contributed by atoms with Gasteiger partial charge < -0.3 is 9.80 Å². The zero-order valence-corrected chi connectivity index (χ0v) is 17.9. The molecule has 2 heterocycles. The number of hydrogen-bond acceptors (Lipinski definition) is 3. The molecule has 1 aliphatic rings. The molecule has 0 N–H and O–H groups in total. The minimum Gasteiger partial charge on any atom is -0.352 e. The van der Waals surface area contributed by atoms with Crippen molar-refractivity contribution in [3.8, 4) is 0 Å². The highest BCUT2D eigenvalue weighted by Gasteiger charge is 2.32. The van der Waals surface area contributed by atoms with E-state index in [1.54, 1.807) is 4.90 Å². The van der Waals surface area contributed by atoms with Crippen LogP contribution in [0.4, 0.5) is 19.0 Å². The lowest BCUT2D eigenvalue weighted by Crippen LogP contribution is -2.49. The molecule has 0 spiro atoms. The lowest BCUT2D eigenvalue weighted by atomic mass is 9.99. The predicted octanol–water partition coefficient (Wildman–Crippen LogP) is 5.31. The Morgan fingerprint density at radius 2 is 1.62 bits per heavy atom. The van der Waals surface area contributed by atoms with Gasteiger partial charge in [-0.3, -0.25) is 4.79 Å². The Kier molecular flexibility index (Phi) is 6.37. The van der Waals surface area contributed by atoms with Crippen molar-refractivity contribution >= 4 is 23.3 Å². The molecule has 2 aromatic carbocycles. The number of aromatic nitrogens is 1. The van der Waals surface area contributed by atoms with Crippen LogP contribution in [0.25, 0.3) is 0 Å². The molecule has 1 saturated heterocycles. The van der Waals surface area contributed by atoms with Crippen molar-refractivity contribution in [3.63, 3.8) is 0 Å². The summed E-state index contributed by atoms with van der Waals surface area (Å²) >= 11 is 6.08. The summed E-state index contributed by atoms with van der Waals surface area (Å²) in [5.74, 6) is 0.249. The van der Waals surface area contributed by atoms with Gasteiger partial charge in [0.25, 0.3) is 5.91 Å². The van der Waals surface area contributed by atoms with Gasteiger partial charge in [-0.2, -0.15) is 13.2 Å². The number of rotatable bonds is 4. The topological polar surface area (TPSA) is 36.4 Å². The summed E-state index contributed by atoms with van der Waals surface area (Å²) in [5.41, 5.74) is 1.87. The van der Waals surface area contributed by atoms with E-state index in [2.05, 4.69) is 4.98 Å². The summed E-state index contributed by atoms with van der Waals surface area (Å²) in [6.07, 6.45) is -3.04. The zero-order valence-electron chi connectivity index (χ0n) is 17.1. The van der Waals surface area contributed by atoms with E-state index in [-0.39, 0.29) is 10.9 Å². The molecule has 0 radical (unpaired) electrons. The summed E-state index contributed by atoms with van der Waals surface area (Å²) in [7, 11) is 0. The van der Waals surface area contributed by atoms with Gasteiger partial charge in [0.05, 0.1) is 10.6 Å². The van der Waals surface area contributed by atoms with Gasteiger partial charge in [-0.25, -0.2) is 4.98 Å².